The molecule has 1 rings (SSSR count). The van der Waals surface area contributed by atoms with Gasteiger partial charge in [-0.2, -0.15) is 0 Å². The molecule has 0 unspecified atom stereocenters. The number of benzene rings is 1. The second-order valence-electron chi connectivity index (χ2n) is 5.68. The van der Waals surface area contributed by atoms with Crippen molar-refractivity contribution in [3.8, 4) is 5.75 Å². The lowest BCUT2D eigenvalue weighted by molar-refractivity contribution is -0.154. The third-order valence-electron chi connectivity index (χ3n) is 2.88. The molecule has 0 saturated carbocycles. The summed E-state index contributed by atoms with van der Waals surface area (Å²) in [6.45, 7) is 6.46. The van der Waals surface area contributed by atoms with Crippen LogP contribution in [-0.4, -0.2) is 43.1 Å². The van der Waals surface area contributed by atoms with E-state index >= 15 is 0 Å². The zero-order valence-corrected chi connectivity index (χ0v) is 14.4. The first-order valence-electron chi connectivity index (χ1n) is 7.74. The maximum atomic E-state index is 11.8. The molecular weight excluding hydrogens is 312 g/mol. The standard InChI is InChI=1S/C17H24N2O5/c1-11(2)19-15(20)9-18-16(21)10-23-17(22)13(4)24-14-7-5-6-12(3)8-14/h5-8,11,13H,9-10H2,1-4H3,(H,18,21)(H,19,20)/t13-/m0/s1. The normalized spacial score (nSPS) is 11.5. The Morgan fingerprint density at radius 1 is 1.12 bits per heavy atom. The molecule has 24 heavy (non-hydrogen) atoms. The highest BCUT2D eigenvalue weighted by atomic mass is 16.6. The summed E-state index contributed by atoms with van der Waals surface area (Å²) >= 11 is 0. The lowest BCUT2D eigenvalue weighted by atomic mass is 10.2. The Balaban J connectivity index is 2.31. The molecule has 0 aliphatic carbocycles. The molecule has 0 heterocycles. The molecular formula is C17H24N2O5. The summed E-state index contributed by atoms with van der Waals surface area (Å²) in [6, 6.07) is 7.25. The maximum absolute atomic E-state index is 11.8. The van der Waals surface area contributed by atoms with E-state index in [-0.39, 0.29) is 18.5 Å². The van der Waals surface area contributed by atoms with E-state index in [0.717, 1.165) is 5.56 Å². The second kappa shape index (κ2) is 9.54. The Labute approximate surface area is 141 Å². The first-order valence-corrected chi connectivity index (χ1v) is 7.74. The summed E-state index contributed by atoms with van der Waals surface area (Å²) in [5.74, 6) is -0.960. The number of ether oxygens (including phenoxy) is 2. The molecule has 1 atom stereocenters. The number of carbonyl (C=O) groups excluding carboxylic acids is 3. The van der Waals surface area contributed by atoms with Crippen LogP contribution < -0.4 is 15.4 Å². The van der Waals surface area contributed by atoms with Crippen LogP contribution in [0.15, 0.2) is 24.3 Å². The minimum atomic E-state index is -0.844. The van der Waals surface area contributed by atoms with Crippen LogP contribution in [0.2, 0.25) is 0 Å². The first kappa shape index (κ1) is 19.5. The number of hydrogen-bond acceptors (Lipinski definition) is 5. The van der Waals surface area contributed by atoms with Gasteiger partial charge in [-0.15, -0.1) is 0 Å². The summed E-state index contributed by atoms with van der Waals surface area (Å²) in [5, 5.41) is 5.00. The zero-order chi connectivity index (χ0) is 18.1. The number of hydrogen-bond donors (Lipinski definition) is 2. The Morgan fingerprint density at radius 2 is 1.83 bits per heavy atom. The van der Waals surface area contributed by atoms with Gasteiger partial charge in [0, 0.05) is 6.04 Å². The molecule has 1 aromatic carbocycles. The molecule has 0 saturated heterocycles. The third-order valence-corrected chi connectivity index (χ3v) is 2.88. The van der Waals surface area contributed by atoms with Crippen molar-refractivity contribution in [2.75, 3.05) is 13.2 Å². The Morgan fingerprint density at radius 3 is 2.46 bits per heavy atom. The van der Waals surface area contributed by atoms with Crippen LogP contribution in [0.25, 0.3) is 0 Å². The van der Waals surface area contributed by atoms with Crippen LogP contribution in [0, 0.1) is 6.92 Å². The molecule has 132 valence electrons. The van der Waals surface area contributed by atoms with Gasteiger partial charge in [0.05, 0.1) is 6.54 Å². The number of rotatable bonds is 8. The van der Waals surface area contributed by atoms with Crippen LogP contribution in [0.3, 0.4) is 0 Å². The average Bonchev–Trinajstić information content (AvgIpc) is 2.49. The van der Waals surface area contributed by atoms with Gasteiger partial charge in [0.1, 0.15) is 5.75 Å². The average molecular weight is 336 g/mol. The van der Waals surface area contributed by atoms with Gasteiger partial charge in [0.25, 0.3) is 5.91 Å². The number of aryl methyl sites for hydroxylation is 1. The van der Waals surface area contributed by atoms with Crippen LogP contribution in [0.4, 0.5) is 0 Å². The molecule has 2 N–H and O–H groups in total. The molecule has 0 aliphatic heterocycles. The van der Waals surface area contributed by atoms with E-state index in [0.29, 0.717) is 5.75 Å². The van der Waals surface area contributed by atoms with Crippen molar-refractivity contribution in [3.05, 3.63) is 29.8 Å². The number of carbonyl (C=O) groups is 3. The molecule has 0 spiro atoms. The number of nitrogens with one attached hydrogen (secondary N) is 2. The maximum Gasteiger partial charge on any atom is 0.347 e. The van der Waals surface area contributed by atoms with Gasteiger partial charge in [-0.25, -0.2) is 4.79 Å². The third kappa shape index (κ3) is 7.62. The highest BCUT2D eigenvalue weighted by Gasteiger charge is 2.18. The largest absolute Gasteiger partial charge is 0.479 e. The van der Waals surface area contributed by atoms with Gasteiger partial charge >= 0.3 is 5.97 Å². The summed E-state index contributed by atoms with van der Waals surface area (Å²) in [5.41, 5.74) is 1.01. The van der Waals surface area contributed by atoms with Crippen molar-refractivity contribution in [1.29, 1.82) is 0 Å². The van der Waals surface area contributed by atoms with Crippen LogP contribution in [0.1, 0.15) is 26.3 Å². The fourth-order valence-electron chi connectivity index (χ4n) is 1.80. The first-order chi connectivity index (χ1) is 11.3. The van der Waals surface area contributed by atoms with E-state index in [1.165, 1.54) is 0 Å². The SMILES string of the molecule is Cc1cccc(O[C@@H](C)C(=O)OCC(=O)NCC(=O)NC(C)C)c1. The summed E-state index contributed by atoms with van der Waals surface area (Å²) in [6.07, 6.45) is -0.844. The molecule has 0 aliphatic rings. The predicted octanol–water partition coefficient (Wildman–Crippen LogP) is 0.946. The highest BCUT2D eigenvalue weighted by Crippen LogP contribution is 2.14. The van der Waals surface area contributed by atoms with E-state index < -0.39 is 24.6 Å². The molecule has 0 radical (unpaired) electrons. The molecule has 7 heteroatoms. The molecule has 2 amide bonds. The summed E-state index contributed by atoms with van der Waals surface area (Å²) in [4.78, 5) is 34.7. The van der Waals surface area contributed by atoms with Crippen molar-refractivity contribution < 1.29 is 23.9 Å². The quantitative estimate of drug-likeness (QED) is 0.689. The number of esters is 1. The van der Waals surface area contributed by atoms with E-state index in [4.69, 9.17) is 9.47 Å². The van der Waals surface area contributed by atoms with E-state index in [9.17, 15) is 14.4 Å². The summed E-state index contributed by atoms with van der Waals surface area (Å²) < 4.78 is 10.3. The van der Waals surface area contributed by atoms with Crippen LogP contribution >= 0.6 is 0 Å². The topological polar surface area (TPSA) is 93.7 Å². The Kier molecular flexibility index (Phi) is 7.74. The van der Waals surface area contributed by atoms with E-state index in [2.05, 4.69) is 10.6 Å². The molecule has 0 bridgehead atoms. The smallest absolute Gasteiger partial charge is 0.347 e. The van der Waals surface area contributed by atoms with Gasteiger partial charge in [0.15, 0.2) is 12.7 Å². The van der Waals surface area contributed by atoms with Crippen molar-refractivity contribution in [3.63, 3.8) is 0 Å². The minimum Gasteiger partial charge on any atom is -0.479 e. The lowest BCUT2D eigenvalue weighted by Crippen LogP contribution is -2.41. The van der Waals surface area contributed by atoms with E-state index in [1.807, 2.05) is 32.9 Å². The fourth-order valence-corrected chi connectivity index (χ4v) is 1.80. The zero-order valence-electron chi connectivity index (χ0n) is 14.4. The number of amides is 2. The summed E-state index contributed by atoms with van der Waals surface area (Å²) in [7, 11) is 0. The molecule has 0 fully saturated rings. The van der Waals surface area contributed by atoms with Gasteiger partial charge in [-0.05, 0) is 45.4 Å². The van der Waals surface area contributed by atoms with Crippen molar-refractivity contribution in [1.82, 2.24) is 10.6 Å². The Bertz CT molecular complexity index is 586. The fraction of sp³-hybridized carbons (Fsp3) is 0.471. The highest BCUT2D eigenvalue weighted by molar-refractivity contribution is 5.86. The van der Waals surface area contributed by atoms with Gasteiger partial charge in [-0.1, -0.05) is 12.1 Å². The van der Waals surface area contributed by atoms with Crippen LogP contribution in [0.5, 0.6) is 5.75 Å². The van der Waals surface area contributed by atoms with Crippen LogP contribution in [-0.2, 0) is 19.1 Å². The van der Waals surface area contributed by atoms with E-state index in [1.54, 1.807) is 19.1 Å². The Hall–Kier alpha value is -2.57. The second-order valence-corrected chi connectivity index (χ2v) is 5.68. The molecule has 1 aromatic rings. The lowest BCUT2D eigenvalue weighted by Gasteiger charge is -2.14. The van der Waals surface area contributed by atoms with Gasteiger partial charge in [-0.3, -0.25) is 9.59 Å². The van der Waals surface area contributed by atoms with Crippen molar-refractivity contribution >= 4 is 17.8 Å². The van der Waals surface area contributed by atoms with Gasteiger partial charge in [0.2, 0.25) is 5.91 Å². The molecule has 7 nitrogen and oxygen atoms in total. The minimum absolute atomic E-state index is 0.00754. The van der Waals surface area contributed by atoms with Crippen molar-refractivity contribution in [2.24, 2.45) is 0 Å². The molecule has 0 aromatic heterocycles. The monoisotopic (exact) mass is 336 g/mol. The van der Waals surface area contributed by atoms with Crippen molar-refractivity contribution in [2.45, 2.75) is 39.8 Å². The predicted molar refractivity (Wildman–Crippen MR) is 88.5 cm³/mol. The van der Waals surface area contributed by atoms with Gasteiger partial charge < -0.3 is 20.1 Å².